The Morgan fingerprint density at radius 3 is 2.83 bits per heavy atom. The molecule has 2 aromatic rings. The Morgan fingerprint density at radius 1 is 1.44 bits per heavy atom. The fourth-order valence-corrected chi connectivity index (χ4v) is 2.68. The number of fused-ring (bicyclic) bond motifs is 1. The van der Waals surface area contributed by atoms with Crippen LogP contribution in [0, 0.1) is 0 Å². The Kier molecular flexibility index (Phi) is 3.81. The average Bonchev–Trinajstić information content (AvgIpc) is 2.71. The van der Waals surface area contributed by atoms with E-state index < -0.39 is 10.8 Å². The van der Waals surface area contributed by atoms with Gasteiger partial charge in [-0.25, -0.2) is 0 Å². The molecule has 0 aliphatic carbocycles. The van der Waals surface area contributed by atoms with Gasteiger partial charge in [0.05, 0.1) is 0 Å². The summed E-state index contributed by atoms with van der Waals surface area (Å²) >= 11 is 0. The quantitative estimate of drug-likeness (QED) is 0.882. The minimum absolute atomic E-state index is 0.102. The first-order valence-corrected chi connectivity index (χ1v) is 7.47. The van der Waals surface area contributed by atoms with E-state index in [0.29, 0.717) is 11.4 Å². The monoisotopic (exact) mass is 264 g/mol. The average molecular weight is 264 g/mol. The summed E-state index contributed by atoms with van der Waals surface area (Å²) in [6.45, 7) is 1.85. The molecule has 5 heteroatoms. The van der Waals surface area contributed by atoms with Crippen LogP contribution in [0.5, 0.6) is 0 Å². The maximum atomic E-state index is 12.0. The molecular formula is C13H16N2O2S. The van der Waals surface area contributed by atoms with Crippen LogP contribution in [-0.2, 0) is 10.8 Å². The summed E-state index contributed by atoms with van der Waals surface area (Å²) in [5.74, 6) is 0.301. The van der Waals surface area contributed by atoms with Crippen LogP contribution in [0.2, 0.25) is 0 Å². The van der Waals surface area contributed by atoms with E-state index in [2.05, 4.69) is 10.3 Å². The van der Waals surface area contributed by atoms with Crippen molar-refractivity contribution in [2.45, 2.75) is 13.0 Å². The fourth-order valence-electron chi connectivity index (χ4n) is 1.89. The number of nitrogens with one attached hydrogen (secondary N) is 2. The van der Waals surface area contributed by atoms with Crippen LogP contribution in [0.15, 0.2) is 30.3 Å². The highest BCUT2D eigenvalue weighted by molar-refractivity contribution is 7.84. The number of rotatable bonds is 4. The molecule has 1 aromatic heterocycles. The van der Waals surface area contributed by atoms with E-state index in [4.69, 9.17) is 0 Å². The van der Waals surface area contributed by atoms with Gasteiger partial charge in [-0.3, -0.25) is 9.00 Å². The van der Waals surface area contributed by atoms with Gasteiger partial charge in [-0.2, -0.15) is 0 Å². The SMILES string of the molecule is CC(CS(C)=O)NC(=O)c1cc2ccccc2[nH]1. The van der Waals surface area contributed by atoms with Crippen molar-refractivity contribution in [3.63, 3.8) is 0 Å². The van der Waals surface area contributed by atoms with Crippen molar-refractivity contribution in [2.75, 3.05) is 12.0 Å². The van der Waals surface area contributed by atoms with E-state index >= 15 is 0 Å². The summed E-state index contributed by atoms with van der Waals surface area (Å²) in [5, 5.41) is 3.83. The van der Waals surface area contributed by atoms with E-state index in [1.165, 1.54) is 0 Å². The topological polar surface area (TPSA) is 62.0 Å². The van der Waals surface area contributed by atoms with Crippen LogP contribution in [0.25, 0.3) is 10.9 Å². The normalized spacial score (nSPS) is 14.3. The minimum atomic E-state index is -0.908. The molecular weight excluding hydrogens is 248 g/mol. The second kappa shape index (κ2) is 5.35. The number of carbonyl (C=O) groups is 1. The van der Waals surface area contributed by atoms with Gasteiger partial charge < -0.3 is 10.3 Å². The molecule has 0 saturated carbocycles. The Bertz CT molecular complexity index is 558. The van der Waals surface area contributed by atoms with Gasteiger partial charge in [0.25, 0.3) is 5.91 Å². The number of amides is 1. The van der Waals surface area contributed by atoms with Gasteiger partial charge in [0.15, 0.2) is 0 Å². The highest BCUT2D eigenvalue weighted by Crippen LogP contribution is 2.14. The second-order valence-corrected chi connectivity index (χ2v) is 5.86. The lowest BCUT2D eigenvalue weighted by Gasteiger charge is -2.11. The van der Waals surface area contributed by atoms with Gasteiger partial charge in [-0.1, -0.05) is 18.2 Å². The van der Waals surface area contributed by atoms with Crippen LogP contribution in [0.1, 0.15) is 17.4 Å². The first-order chi connectivity index (χ1) is 8.56. The molecule has 1 amide bonds. The van der Waals surface area contributed by atoms with Crippen molar-refractivity contribution < 1.29 is 9.00 Å². The zero-order valence-corrected chi connectivity index (χ0v) is 11.2. The molecule has 1 heterocycles. The molecule has 0 fully saturated rings. The maximum absolute atomic E-state index is 12.0. The molecule has 2 N–H and O–H groups in total. The van der Waals surface area contributed by atoms with Gasteiger partial charge in [0.1, 0.15) is 5.69 Å². The predicted octanol–water partition coefficient (Wildman–Crippen LogP) is 1.66. The van der Waals surface area contributed by atoms with E-state index in [-0.39, 0.29) is 11.9 Å². The molecule has 2 unspecified atom stereocenters. The molecule has 0 saturated heterocycles. The number of para-hydroxylation sites is 1. The number of benzene rings is 1. The van der Waals surface area contributed by atoms with Gasteiger partial charge in [-0.05, 0) is 19.1 Å². The van der Waals surface area contributed by atoms with Crippen LogP contribution >= 0.6 is 0 Å². The highest BCUT2D eigenvalue weighted by atomic mass is 32.2. The number of hydrogen-bond donors (Lipinski definition) is 2. The molecule has 2 atom stereocenters. The molecule has 0 aliphatic rings. The van der Waals surface area contributed by atoms with Crippen molar-refractivity contribution in [1.82, 2.24) is 10.3 Å². The summed E-state index contributed by atoms with van der Waals surface area (Å²) in [7, 11) is -0.908. The zero-order chi connectivity index (χ0) is 13.1. The smallest absolute Gasteiger partial charge is 0.267 e. The lowest BCUT2D eigenvalue weighted by molar-refractivity contribution is 0.0939. The molecule has 2 rings (SSSR count). The Labute approximate surface area is 108 Å². The van der Waals surface area contributed by atoms with Crippen molar-refractivity contribution in [2.24, 2.45) is 0 Å². The molecule has 18 heavy (non-hydrogen) atoms. The van der Waals surface area contributed by atoms with Crippen LogP contribution < -0.4 is 5.32 Å². The van der Waals surface area contributed by atoms with Crippen molar-refractivity contribution in [3.05, 3.63) is 36.0 Å². The first kappa shape index (κ1) is 12.8. The molecule has 0 bridgehead atoms. The van der Waals surface area contributed by atoms with Crippen LogP contribution in [-0.4, -0.2) is 33.2 Å². The van der Waals surface area contributed by atoms with E-state index in [1.54, 1.807) is 6.26 Å². The minimum Gasteiger partial charge on any atom is -0.351 e. The van der Waals surface area contributed by atoms with Gasteiger partial charge in [0, 0.05) is 39.8 Å². The fraction of sp³-hybridized carbons (Fsp3) is 0.308. The Morgan fingerprint density at radius 2 is 2.17 bits per heavy atom. The molecule has 96 valence electrons. The molecule has 0 radical (unpaired) electrons. The van der Waals surface area contributed by atoms with Crippen molar-refractivity contribution in [3.8, 4) is 0 Å². The van der Waals surface area contributed by atoms with E-state index in [9.17, 15) is 9.00 Å². The van der Waals surface area contributed by atoms with Gasteiger partial charge >= 0.3 is 0 Å². The third-order valence-electron chi connectivity index (χ3n) is 2.64. The molecule has 0 aliphatic heterocycles. The van der Waals surface area contributed by atoms with E-state index in [0.717, 1.165) is 10.9 Å². The number of aromatic amines is 1. The van der Waals surface area contributed by atoms with Crippen molar-refractivity contribution >= 4 is 27.6 Å². The summed E-state index contributed by atoms with van der Waals surface area (Å²) in [6, 6.07) is 9.45. The first-order valence-electron chi connectivity index (χ1n) is 5.75. The lowest BCUT2D eigenvalue weighted by atomic mass is 10.2. The third kappa shape index (κ3) is 2.98. The third-order valence-corrected chi connectivity index (χ3v) is 3.61. The predicted molar refractivity (Wildman–Crippen MR) is 74.2 cm³/mol. The second-order valence-electron chi connectivity index (χ2n) is 4.38. The summed E-state index contributed by atoms with van der Waals surface area (Å²) < 4.78 is 11.1. The number of hydrogen-bond acceptors (Lipinski definition) is 2. The molecule has 4 nitrogen and oxygen atoms in total. The van der Waals surface area contributed by atoms with Gasteiger partial charge in [0.2, 0.25) is 0 Å². The Hall–Kier alpha value is -1.62. The summed E-state index contributed by atoms with van der Waals surface area (Å²) in [4.78, 5) is 15.0. The summed E-state index contributed by atoms with van der Waals surface area (Å²) in [6.07, 6.45) is 1.63. The highest BCUT2D eigenvalue weighted by Gasteiger charge is 2.12. The number of aromatic nitrogens is 1. The largest absolute Gasteiger partial charge is 0.351 e. The maximum Gasteiger partial charge on any atom is 0.267 e. The zero-order valence-electron chi connectivity index (χ0n) is 10.4. The summed E-state index contributed by atoms with van der Waals surface area (Å²) in [5.41, 5.74) is 1.47. The van der Waals surface area contributed by atoms with E-state index in [1.807, 2.05) is 37.3 Å². The number of carbonyl (C=O) groups excluding carboxylic acids is 1. The molecule has 1 aromatic carbocycles. The van der Waals surface area contributed by atoms with Gasteiger partial charge in [-0.15, -0.1) is 0 Å². The standard InChI is InChI=1S/C13H16N2O2S/c1-9(8-18(2)17)14-13(16)12-7-10-5-3-4-6-11(10)15-12/h3-7,9,15H,8H2,1-2H3,(H,14,16). The van der Waals surface area contributed by atoms with Crippen molar-refractivity contribution in [1.29, 1.82) is 0 Å². The van der Waals surface area contributed by atoms with Crippen LogP contribution in [0.3, 0.4) is 0 Å². The molecule has 0 spiro atoms. The lowest BCUT2D eigenvalue weighted by Crippen LogP contribution is -2.36. The van der Waals surface area contributed by atoms with Crippen LogP contribution in [0.4, 0.5) is 0 Å². The number of H-pyrrole nitrogens is 1. The Balaban J connectivity index is 2.11.